The van der Waals surface area contributed by atoms with E-state index in [0.29, 0.717) is 18.3 Å². The fourth-order valence-electron chi connectivity index (χ4n) is 3.98. The first-order chi connectivity index (χ1) is 15.6. The molecule has 0 bridgehead atoms. The standard InChI is InChI=1S/C24H26N4O3S/c1-3-30-18-12-10-17(11-13-18)27-15-7-9-20(27)23-22(19-8-5-6-14-25-19)26-24(32)28(23)16-21(29)31-4-2/h5-15,22-23H,3-4,16H2,1-2H3,(H,26,32)/t22-,23-/m0/s1. The van der Waals surface area contributed by atoms with Gasteiger partial charge in [0.2, 0.25) is 0 Å². The van der Waals surface area contributed by atoms with Gasteiger partial charge in [-0.15, -0.1) is 0 Å². The number of nitrogens with one attached hydrogen (secondary N) is 1. The average Bonchev–Trinajstić information content (AvgIpc) is 3.40. The highest BCUT2D eigenvalue weighted by atomic mass is 32.1. The van der Waals surface area contributed by atoms with Crippen LogP contribution in [-0.2, 0) is 9.53 Å². The number of ether oxygens (including phenoxy) is 2. The van der Waals surface area contributed by atoms with E-state index in [1.165, 1.54) is 0 Å². The Kier molecular flexibility index (Phi) is 6.70. The van der Waals surface area contributed by atoms with Crippen molar-refractivity contribution in [2.24, 2.45) is 0 Å². The number of carbonyl (C=O) groups is 1. The Balaban J connectivity index is 1.74. The number of aromatic nitrogens is 2. The predicted molar refractivity (Wildman–Crippen MR) is 126 cm³/mol. The summed E-state index contributed by atoms with van der Waals surface area (Å²) < 4.78 is 12.9. The van der Waals surface area contributed by atoms with Crippen molar-refractivity contribution in [3.05, 3.63) is 78.4 Å². The third-order valence-corrected chi connectivity index (χ3v) is 5.66. The summed E-state index contributed by atoms with van der Waals surface area (Å²) in [5.41, 5.74) is 2.83. The maximum atomic E-state index is 12.4. The molecule has 0 radical (unpaired) electrons. The second-order valence-corrected chi connectivity index (χ2v) is 7.68. The topological polar surface area (TPSA) is 68.6 Å². The minimum atomic E-state index is -0.317. The molecule has 1 saturated heterocycles. The lowest BCUT2D eigenvalue weighted by atomic mass is 10.0. The van der Waals surface area contributed by atoms with Gasteiger partial charge in [0.05, 0.1) is 31.0 Å². The highest BCUT2D eigenvalue weighted by molar-refractivity contribution is 7.80. The van der Waals surface area contributed by atoms with E-state index in [2.05, 4.69) is 14.9 Å². The summed E-state index contributed by atoms with van der Waals surface area (Å²) >= 11 is 5.63. The molecule has 0 spiro atoms. The van der Waals surface area contributed by atoms with Crippen molar-refractivity contribution in [2.45, 2.75) is 25.9 Å². The van der Waals surface area contributed by atoms with Crippen LogP contribution in [0.3, 0.4) is 0 Å². The summed E-state index contributed by atoms with van der Waals surface area (Å²) in [5, 5.41) is 3.86. The van der Waals surface area contributed by atoms with Crippen LogP contribution >= 0.6 is 12.2 Å². The molecule has 32 heavy (non-hydrogen) atoms. The Labute approximate surface area is 193 Å². The Morgan fingerprint density at radius 3 is 2.59 bits per heavy atom. The van der Waals surface area contributed by atoms with Gasteiger partial charge >= 0.3 is 5.97 Å². The Hall–Kier alpha value is -3.39. The van der Waals surface area contributed by atoms with Crippen LogP contribution in [0.25, 0.3) is 5.69 Å². The van der Waals surface area contributed by atoms with Gasteiger partial charge in [-0.2, -0.15) is 0 Å². The van der Waals surface area contributed by atoms with Gasteiger partial charge in [-0.1, -0.05) is 6.07 Å². The molecule has 1 N–H and O–H groups in total. The molecule has 2 aromatic heterocycles. The summed E-state index contributed by atoms with van der Waals surface area (Å²) in [7, 11) is 0. The minimum Gasteiger partial charge on any atom is -0.494 e. The van der Waals surface area contributed by atoms with Crippen LogP contribution in [0.2, 0.25) is 0 Å². The Morgan fingerprint density at radius 2 is 1.91 bits per heavy atom. The van der Waals surface area contributed by atoms with E-state index >= 15 is 0 Å². The molecule has 1 aliphatic rings. The van der Waals surface area contributed by atoms with E-state index in [1.807, 2.05) is 72.6 Å². The molecule has 0 saturated carbocycles. The zero-order chi connectivity index (χ0) is 22.5. The zero-order valence-electron chi connectivity index (χ0n) is 18.1. The SMILES string of the molecule is CCOC(=O)CN1C(=S)N[C@@H](c2ccccn2)[C@@H]1c1cccn1-c1ccc(OCC)cc1. The zero-order valence-corrected chi connectivity index (χ0v) is 18.9. The van der Waals surface area contributed by atoms with Gasteiger partial charge in [0.15, 0.2) is 5.11 Å². The van der Waals surface area contributed by atoms with E-state index < -0.39 is 0 Å². The fraction of sp³-hybridized carbons (Fsp3) is 0.292. The van der Waals surface area contributed by atoms with Crippen molar-refractivity contribution in [3.8, 4) is 11.4 Å². The smallest absolute Gasteiger partial charge is 0.325 e. The molecule has 2 atom stereocenters. The molecule has 166 valence electrons. The fourth-order valence-corrected chi connectivity index (χ4v) is 4.29. The molecule has 3 aromatic rings. The summed E-state index contributed by atoms with van der Waals surface area (Å²) in [6, 6.07) is 17.3. The summed E-state index contributed by atoms with van der Waals surface area (Å²) in [6.07, 6.45) is 3.76. The van der Waals surface area contributed by atoms with Gasteiger partial charge in [0, 0.05) is 23.8 Å². The van der Waals surface area contributed by atoms with E-state index in [0.717, 1.165) is 22.8 Å². The van der Waals surface area contributed by atoms with Crippen molar-refractivity contribution in [1.82, 2.24) is 19.8 Å². The highest BCUT2D eigenvalue weighted by Gasteiger charge is 2.42. The molecule has 4 rings (SSSR count). The summed E-state index contributed by atoms with van der Waals surface area (Å²) in [5.74, 6) is 0.506. The molecular weight excluding hydrogens is 424 g/mol. The second kappa shape index (κ2) is 9.82. The molecule has 1 aliphatic heterocycles. The van der Waals surface area contributed by atoms with Crippen molar-refractivity contribution in [1.29, 1.82) is 0 Å². The number of carbonyl (C=O) groups excluding carboxylic acids is 1. The van der Waals surface area contributed by atoms with Crippen molar-refractivity contribution >= 4 is 23.3 Å². The first-order valence-corrected chi connectivity index (χ1v) is 11.1. The van der Waals surface area contributed by atoms with E-state index in [9.17, 15) is 4.79 Å². The van der Waals surface area contributed by atoms with E-state index in [4.69, 9.17) is 21.7 Å². The molecule has 7 nitrogen and oxygen atoms in total. The first kappa shape index (κ1) is 21.8. The molecule has 1 fully saturated rings. The number of rotatable bonds is 8. The molecular formula is C24H26N4O3S. The summed E-state index contributed by atoms with van der Waals surface area (Å²) in [6.45, 7) is 4.76. The lowest BCUT2D eigenvalue weighted by Gasteiger charge is -2.28. The monoisotopic (exact) mass is 450 g/mol. The number of hydrogen-bond donors (Lipinski definition) is 1. The number of benzene rings is 1. The van der Waals surface area contributed by atoms with E-state index in [1.54, 1.807) is 13.1 Å². The summed E-state index contributed by atoms with van der Waals surface area (Å²) in [4.78, 5) is 18.8. The number of esters is 1. The number of hydrogen-bond acceptors (Lipinski definition) is 5. The van der Waals surface area contributed by atoms with Crippen molar-refractivity contribution in [3.63, 3.8) is 0 Å². The van der Waals surface area contributed by atoms with Gasteiger partial charge in [-0.3, -0.25) is 9.78 Å². The van der Waals surface area contributed by atoms with Gasteiger partial charge in [-0.25, -0.2) is 0 Å². The quantitative estimate of drug-likeness (QED) is 0.413. The number of nitrogens with zero attached hydrogens (tertiary/aromatic N) is 3. The van der Waals surface area contributed by atoms with Gasteiger partial charge in [0.25, 0.3) is 0 Å². The Morgan fingerprint density at radius 1 is 1.09 bits per heavy atom. The third-order valence-electron chi connectivity index (χ3n) is 5.31. The molecule has 0 aliphatic carbocycles. The van der Waals surface area contributed by atoms with Crippen molar-refractivity contribution < 1.29 is 14.3 Å². The molecule has 3 heterocycles. The normalized spacial score (nSPS) is 17.8. The lowest BCUT2D eigenvalue weighted by Crippen LogP contribution is -2.36. The van der Waals surface area contributed by atoms with Crippen LogP contribution in [-0.4, -0.2) is 45.3 Å². The van der Waals surface area contributed by atoms with Crippen LogP contribution in [0, 0.1) is 0 Å². The number of thiocarbonyl (C=S) groups is 1. The molecule has 8 heteroatoms. The molecule has 0 amide bonds. The maximum Gasteiger partial charge on any atom is 0.325 e. The maximum absolute atomic E-state index is 12.4. The first-order valence-electron chi connectivity index (χ1n) is 10.7. The minimum absolute atomic E-state index is 0.0577. The van der Waals surface area contributed by atoms with Crippen molar-refractivity contribution in [2.75, 3.05) is 19.8 Å². The van der Waals surface area contributed by atoms with Crippen LogP contribution in [0.5, 0.6) is 5.75 Å². The predicted octanol–water partition coefficient (Wildman–Crippen LogP) is 3.81. The van der Waals surface area contributed by atoms with Crippen LogP contribution in [0.15, 0.2) is 67.0 Å². The largest absolute Gasteiger partial charge is 0.494 e. The van der Waals surface area contributed by atoms with Crippen LogP contribution in [0.4, 0.5) is 0 Å². The third kappa shape index (κ3) is 4.45. The number of pyridine rings is 1. The van der Waals surface area contributed by atoms with Crippen LogP contribution in [0.1, 0.15) is 37.3 Å². The Bertz CT molecular complexity index is 1070. The van der Waals surface area contributed by atoms with Gasteiger partial charge < -0.3 is 24.3 Å². The van der Waals surface area contributed by atoms with Gasteiger partial charge in [-0.05, 0) is 74.6 Å². The highest BCUT2D eigenvalue weighted by Crippen LogP contribution is 2.39. The molecule has 0 unspecified atom stereocenters. The van der Waals surface area contributed by atoms with Crippen LogP contribution < -0.4 is 10.1 Å². The lowest BCUT2D eigenvalue weighted by molar-refractivity contribution is -0.143. The average molecular weight is 451 g/mol. The van der Waals surface area contributed by atoms with Gasteiger partial charge in [0.1, 0.15) is 12.3 Å². The second-order valence-electron chi connectivity index (χ2n) is 7.29. The van der Waals surface area contributed by atoms with E-state index in [-0.39, 0.29) is 24.6 Å². The molecule has 1 aromatic carbocycles.